The summed E-state index contributed by atoms with van der Waals surface area (Å²) in [5, 5.41) is 13.9. The first-order valence-corrected chi connectivity index (χ1v) is 10.4. The van der Waals surface area contributed by atoms with Gasteiger partial charge in [-0.05, 0) is 43.0 Å². The average molecular weight is 406 g/mol. The third-order valence-electron chi connectivity index (χ3n) is 5.57. The number of aryl methyl sites for hydroxylation is 1. The topological polar surface area (TPSA) is 113 Å². The van der Waals surface area contributed by atoms with Gasteiger partial charge in [-0.25, -0.2) is 4.68 Å². The molecule has 0 aromatic carbocycles. The van der Waals surface area contributed by atoms with E-state index in [0.717, 1.165) is 6.42 Å². The van der Waals surface area contributed by atoms with Crippen LogP contribution in [0.25, 0.3) is 0 Å². The number of aromatic nitrogens is 4. The van der Waals surface area contributed by atoms with Gasteiger partial charge in [0, 0.05) is 25.0 Å². The highest BCUT2D eigenvalue weighted by Gasteiger charge is 2.50. The van der Waals surface area contributed by atoms with E-state index < -0.39 is 0 Å². The van der Waals surface area contributed by atoms with Crippen LogP contribution in [0.4, 0.5) is 0 Å². The minimum Gasteiger partial charge on any atom is -0.354 e. The number of carbonyl (C=O) groups is 3. The maximum Gasteiger partial charge on any atom is 0.242 e. The van der Waals surface area contributed by atoms with Gasteiger partial charge in [0.1, 0.15) is 6.33 Å². The molecule has 3 atom stereocenters. The van der Waals surface area contributed by atoms with Crippen molar-refractivity contribution in [2.75, 3.05) is 13.1 Å². The highest BCUT2D eigenvalue weighted by molar-refractivity contribution is 5.88. The van der Waals surface area contributed by atoms with Crippen LogP contribution in [0.3, 0.4) is 0 Å². The zero-order valence-corrected chi connectivity index (χ0v) is 17.6. The van der Waals surface area contributed by atoms with E-state index in [1.165, 1.54) is 11.0 Å². The van der Waals surface area contributed by atoms with Crippen LogP contribution in [0.5, 0.6) is 0 Å². The molecule has 0 radical (unpaired) electrons. The van der Waals surface area contributed by atoms with E-state index in [4.69, 9.17) is 0 Å². The number of tetrazole rings is 1. The molecule has 0 saturated carbocycles. The highest BCUT2D eigenvalue weighted by atomic mass is 16.2. The number of nitrogens with zero attached hydrogens (tertiary/aromatic N) is 6. The molecule has 2 fully saturated rings. The van der Waals surface area contributed by atoms with Crippen molar-refractivity contribution in [2.24, 2.45) is 11.8 Å². The minimum absolute atomic E-state index is 0.00408. The molecule has 160 valence electrons. The molecule has 1 N–H and O–H groups in total. The van der Waals surface area contributed by atoms with E-state index in [9.17, 15) is 14.4 Å². The quantitative estimate of drug-likeness (QED) is 0.686. The van der Waals surface area contributed by atoms with E-state index >= 15 is 0 Å². The molecule has 0 unspecified atom stereocenters. The first-order valence-electron chi connectivity index (χ1n) is 10.4. The number of carbonyl (C=O) groups excluding carboxylic acids is 3. The van der Waals surface area contributed by atoms with Crippen molar-refractivity contribution < 1.29 is 14.4 Å². The summed E-state index contributed by atoms with van der Waals surface area (Å²) in [7, 11) is 0. The Labute approximate surface area is 171 Å². The predicted molar refractivity (Wildman–Crippen MR) is 104 cm³/mol. The zero-order chi connectivity index (χ0) is 21.1. The molecule has 10 nitrogen and oxygen atoms in total. The highest BCUT2D eigenvalue weighted by Crippen LogP contribution is 2.36. The van der Waals surface area contributed by atoms with Gasteiger partial charge < -0.3 is 15.1 Å². The molecule has 3 rings (SSSR count). The largest absolute Gasteiger partial charge is 0.354 e. The van der Waals surface area contributed by atoms with Crippen LogP contribution >= 0.6 is 0 Å². The number of hydrogen-bond donors (Lipinski definition) is 1. The van der Waals surface area contributed by atoms with E-state index in [1.807, 2.05) is 18.7 Å². The first-order chi connectivity index (χ1) is 13.8. The second-order valence-electron chi connectivity index (χ2n) is 8.75. The summed E-state index contributed by atoms with van der Waals surface area (Å²) in [5.74, 6) is -0.0159. The molecular weight excluding hydrogens is 374 g/mol. The zero-order valence-electron chi connectivity index (χ0n) is 17.6. The summed E-state index contributed by atoms with van der Waals surface area (Å²) in [6, 6.07) is -0.162. The standard InChI is InChI=1S/C19H31N7O3/c1-12(2)7-16-15(19(29)21-13(3)4)8-14-9-24(10-18(28)26(14)16)17(27)5-6-25-11-20-22-23-25/h11-16H,5-10H2,1-4H3,(H,21,29)/t14-,15-,16-/m0/s1. The van der Waals surface area contributed by atoms with Gasteiger partial charge in [0.2, 0.25) is 17.7 Å². The molecule has 1 aromatic heterocycles. The lowest BCUT2D eigenvalue weighted by Gasteiger charge is -2.40. The SMILES string of the molecule is CC(C)C[C@H]1[C@@H](C(=O)NC(C)C)C[C@H]2CN(C(=O)CCn3cnnn3)CC(=O)N21. The van der Waals surface area contributed by atoms with Crippen LogP contribution in [0, 0.1) is 11.8 Å². The number of hydrogen-bond acceptors (Lipinski definition) is 6. The van der Waals surface area contributed by atoms with E-state index in [-0.39, 0.29) is 54.7 Å². The van der Waals surface area contributed by atoms with Crippen molar-refractivity contribution in [2.45, 2.75) is 71.6 Å². The van der Waals surface area contributed by atoms with Crippen LogP contribution in [0.1, 0.15) is 47.0 Å². The maximum atomic E-state index is 13.0. The Hall–Kier alpha value is -2.52. The van der Waals surface area contributed by atoms with Gasteiger partial charge in [-0.3, -0.25) is 14.4 Å². The summed E-state index contributed by atoms with van der Waals surface area (Å²) in [6.07, 6.45) is 3.07. The predicted octanol–water partition coefficient (Wildman–Crippen LogP) is 0.0618. The van der Waals surface area contributed by atoms with Gasteiger partial charge in [0.15, 0.2) is 0 Å². The van der Waals surface area contributed by atoms with E-state index in [1.54, 1.807) is 4.90 Å². The van der Waals surface area contributed by atoms with Gasteiger partial charge in [0.05, 0.1) is 25.0 Å². The van der Waals surface area contributed by atoms with Crippen LogP contribution in [0.2, 0.25) is 0 Å². The molecule has 0 bridgehead atoms. The summed E-state index contributed by atoms with van der Waals surface area (Å²) in [4.78, 5) is 41.9. The maximum absolute atomic E-state index is 13.0. The number of rotatable bonds is 7. The molecule has 3 amide bonds. The van der Waals surface area contributed by atoms with Crippen molar-refractivity contribution in [3.8, 4) is 0 Å². The molecule has 2 aliphatic heterocycles. The van der Waals surface area contributed by atoms with Crippen LogP contribution < -0.4 is 5.32 Å². The lowest BCUT2D eigenvalue weighted by molar-refractivity contribution is -0.149. The van der Waals surface area contributed by atoms with E-state index in [0.29, 0.717) is 25.4 Å². The van der Waals surface area contributed by atoms with Crippen molar-refractivity contribution >= 4 is 17.7 Å². The Morgan fingerprint density at radius 3 is 2.66 bits per heavy atom. The van der Waals surface area contributed by atoms with Crippen molar-refractivity contribution in [3.05, 3.63) is 6.33 Å². The summed E-state index contributed by atoms with van der Waals surface area (Å²) < 4.78 is 1.50. The fourth-order valence-corrected chi connectivity index (χ4v) is 4.42. The Kier molecular flexibility index (Phi) is 6.49. The average Bonchev–Trinajstić information content (AvgIpc) is 3.26. The lowest BCUT2D eigenvalue weighted by Crippen LogP contribution is -2.58. The van der Waals surface area contributed by atoms with Gasteiger partial charge in [-0.1, -0.05) is 13.8 Å². The van der Waals surface area contributed by atoms with E-state index in [2.05, 4.69) is 34.7 Å². The fraction of sp³-hybridized carbons (Fsp3) is 0.789. The second-order valence-corrected chi connectivity index (χ2v) is 8.75. The molecule has 10 heteroatoms. The third-order valence-corrected chi connectivity index (χ3v) is 5.57. The Balaban J connectivity index is 1.69. The Morgan fingerprint density at radius 2 is 2.03 bits per heavy atom. The monoisotopic (exact) mass is 405 g/mol. The van der Waals surface area contributed by atoms with Crippen LogP contribution in [-0.4, -0.2) is 78.9 Å². The third kappa shape index (κ3) is 4.91. The lowest BCUT2D eigenvalue weighted by atomic mass is 9.91. The summed E-state index contributed by atoms with van der Waals surface area (Å²) >= 11 is 0. The molecule has 3 heterocycles. The first kappa shape index (κ1) is 21.2. The Bertz CT molecular complexity index is 734. The van der Waals surface area contributed by atoms with Crippen molar-refractivity contribution in [1.82, 2.24) is 35.3 Å². The van der Waals surface area contributed by atoms with Crippen molar-refractivity contribution in [1.29, 1.82) is 0 Å². The molecule has 1 aromatic rings. The molecular formula is C19H31N7O3. The van der Waals surface area contributed by atoms with Gasteiger partial charge in [-0.15, -0.1) is 5.10 Å². The number of fused-ring (bicyclic) bond motifs is 1. The molecule has 29 heavy (non-hydrogen) atoms. The minimum atomic E-state index is -0.231. The fourth-order valence-electron chi connectivity index (χ4n) is 4.42. The molecule has 0 spiro atoms. The summed E-state index contributed by atoms with van der Waals surface area (Å²) in [5.41, 5.74) is 0. The molecule has 0 aliphatic carbocycles. The number of amides is 3. The normalized spacial score (nSPS) is 24.3. The van der Waals surface area contributed by atoms with Crippen LogP contribution in [0.15, 0.2) is 6.33 Å². The number of piperazine rings is 1. The molecule has 2 aliphatic rings. The summed E-state index contributed by atoms with van der Waals surface area (Å²) in [6.45, 7) is 9.00. The van der Waals surface area contributed by atoms with Gasteiger partial charge in [-0.2, -0.15) is 0 Å². The van der Waals surface area contributed by atoms with Crippen LogP contribution in [-0.2, 0) is 20.9 Å². The van der Waals surface area contributed by atoms with Crippen molar-refractivity contribution in [3.63, 3.8) is 0 Å². The van der Waals surface area contributed by atoms with Gasteiger partial charge in [0.25, 0.3) is 0 Å². The Morgan fingerprint density at radius 1 is 1.28 bits per heavy atom. The van der Waals surface area contributed by atoms with Gasteiger partial charge >= 0.3 is 0 Å². The molecule has 2 saturated heterocycles. The number of nitrogens with one attached hydrogen (secondary N) is 1. The smallest absolute Gasteiger partial charge is 0.242 e. The second kappa shape index (κ2) is 8.87.